The van der Waals surface area contributed by atoms with E-state index in [-0.39, 0.29) is 5.54 Å². The van der Waals surface area contributed by atoms with Gasteiger partial charge in [0.25, 0.3) is 0 Å². The van der Waals surface area contributed by atoms with Crippen LogP contribution in [0.3, 0.4) is 0 Å². The number of rotatable bonds is 2. The Kier molecular flexibility index (Phi) is 3.48. The average molecular weight is 233 g/mol. The van der Waals surface area contributed by atoms with Gasteiger partial charge in [-0.15, -0.1) is 0 Å². The Hall–Kier alpha value is -0.960. The molecule has 1 aromatic heterocycles. The van der Waals surface area contributed by atoms with Crippen LogP contribution in [0.25, 0.3) is 0 Å². The van der Waals surface area contributed by atoms with Crippen LogP contribution in [-0.4, -0.2) is 9.97 Å². The molecule has 0 radical (unpaired) electrons. The molecule has 0 aliphatic heterocycles. The van der Waals surface area contributed by atoms with Gasteiger partial charge in [-0.25, -0.2) is 9.97 Å². The molecule has 3 nitrogen and oxygen atoms in total. The highest BCUT2D eigenvalue weighted by Crippen LogP contribution is 2.33. The van der Waals surface area contributed by atoms with Gasteiger partial charge in [-0.2, -0.15) is 0 Å². The minimum absolute atomic E-state index is 0.278. The summed E-state index contributed by atoms with van der Waals surface area (Å²) in [6.45, 7) is 6.30. The summed E-state index contributed by atoms with van der Waals surface area (Å²) in [6, 6.07) is 0. The SMILES string of the molecule is CCc1c(C)nc(C2(N)CCCCC2)nc1C. The summed E-state index contributed by atoms with van der Waals surface area (Å²) in [6.07, 6.45) is 6.75. The zero-order valence-corrected chi connectivity index (χ0v) is 11.2. The minimum Gasteiger partial charge on any atom is -0.319 e. The Morgan fingerprint density at radius 3 is 2.06 bits per heavy atom. The van der Waals surface area contributed by atoms with Crippen molar-refractivity contribution >= 4 is 0 Å². The third-order valence-electron chi connectivity index (χ3n) is 3.97. The molecule has 0 amide bonds. The van der Waals surface area contributed by atoms with Gasteiger partial charge in [0.2, 0.25) is 0 Å². The van der Waals surface area contributed by atoms with Crippen molar-refractivity contribution in [1.29, 1.82) is 0 Å². The molecule has 1 saturated carbocycles. The maximum Gasteiger partial charge on any atom is 0.148 e. The number of nitrogens with zero attached hydrogens (tertiary/aromatic N) is 2. The highest BCUT2D eigenvalue weighted by molar-refractivity contribution is 5.26. The Bertz CT molecular complexity index is 383. The van der Waals surface area contributed by atoms with E-state index in [1.165, 1.54) is 24.8 Å². The molecule has 1 fully saturated rings. The lowest BCUT2D eigenvalue weighted by Crippen LogP contribution is -2.40. The van der Waals surface area contributed by atoms with Crippen LogP contribution in [0.1, 0.15) is 61.8 Å². The first-order valence-corrected chi connectivity index (χ1v) is 6.70. The molecule has 2 rings (SSSR count). The Morgan fingerprint density at radius 1 is 1.06 bits per heavy atom. The van der Waals surface area contributed by atoms with Crippen LogP contribution >= 0.6 is 0 Å². The fourth-order valence-electron chi connectivity index (χ4n) is 2.88. The van der Waals surface area contributed by atoms with Crippen LogP contribution < -0.4 is 5.73 Å². The van der Waals surface area contributed by atoms with E-state index in [9.17, 15) is 0 Å². The topological polar surface area (TPSA) is 51.8 Å². The number of hydrogen-bond acceptors (Lipinski definition) is 3. The quantitative estimate of drug-likeness (QED) is 0.854. The molecule has 1 heterocycles. The molecule has 94 valence electrons. The van der Waals surface area contributed by atoms with E-state index in [2.05, 4.69) is 30.7 Å². The van der Waals surface area contributed by atoms with Crippen molar-refractivity contribution in [2.45, 2.75) is 64.8 Å². The number of nitrogens with two attached hydrogens (primary N) is 1. The van der Waals surface area contributed by atoms with Gasteiger partial charge in [0, 0.05) is 11.4 Å². The van der Waals surface area contributed by atoms with E-state index in [1.807, 2.05) is 0 Å². The summed E-state index contributed by atoms with van der Waals surface area (Å²) >= 11 is 0. The molecule has 0 atom stereocenters. The summed E-state index contributed by atoms with van der Waals surface area (Å²) in [5.41, 5.74) is 9.68. The second kappa shape index (κ2) is 4.73. The molecule has 0 saturated heterocycles. The lowest BCUT2D eigenvalue weighted by Gasteiger charge is -2.32. The third-order valence-corrected chi connectivity index (χ3v) is 3.97. The average Bonchev–Trinajstić information content (AvgIpc) is 2.29. The van der Waals surface area contributed by atoms with Crippen LogP contribution in [0.2, 0.25) is 0 Å². The van der Waals surface area contributed by atoms with Gasteiger partial charge < -0.3 is 5.73 Å². The molecule has 3 heteroatoms. The van der Waals surface area contributed by atoms with Crippen molar-refractivity contribution in [3.63, 3.8) is 0 Å². The van der Waals surface area contributed by atoms with Crippen LogP contribution in [-0.2, 0) is 12.0 Å². The first-order valence-electron chi connectivity index (χ1n) is 6.70. The fraction of sp³-hybridized carbons (Fsp3) is 0.714. The monoisotopic (exact) mass is 233 g/mol. The standard InChI is InChI=1S/C14H23N3/c1-4-12-10(2)16-13(17-11(12)3)14(15)8-6-5-7-9-14/h4-9,15H2,1-3H3. The fourth-order valence-corrected chi connectivity index (χ4v) is 2.88. The van der Waals surface area contributed by atoms with Gasteiger partial charge in [-0.1, -0.05) is 26.2 Å². The first-order chi connectivity index (χ1) is 8.07. The van der Waals surface area contributed by atoms with Crippen molar-refractivity contribution in [1.82, 2.24) is 9.97 Å². The van der Waals surface area contributed by atoms with E-state index in [1.54, 1.807) is 0 Å². The van der Waals surface area contributed by atoms with Gasteiger partial charge in [-0.05, 0) is 38.7 Å². The van der Waals surface area contributed by atoms with E-state index in [0.29, 0.717) is 0 Å². The number of aryl methyl sites for hydroxylation is 2. The zero-order valence-electron chi connectivity index (χ0n) is 11.2. The predicted octanol–water partition coefficient (Wildman–Crippen LogP) is 2.77. The third kappa shape index (κ3) is 2.34. The molecule has 1 aliphatic carbocycles. The van der Waals surface area contributed by atoms with Crippen molar-refractivity contribution in [3.05, 3.63) is 22.8 Å². The molecule has 2 N–H and O–H groups in total. The van der Waals surface area contributed by atoms with Crippen LogP contribution in [0.4, 0.5) is 0 Å². The molecule has 0 bridgehead atoms. The maximum atomic E-state index is 6.48. The van der Waals surface area contributed by atoms with Crippen LogP contribution in [0.15, 0.2) is 0 Å². The second-order valence-electron chi connectivity index (χ2n) is 5.27. The van der Waals surface area contributed by atoms with E-state index >= 15 is 0 Å². The number of aromatic nitrogens is 2. The summed E-state index contributed by atoms with van der Waals surface area (Å²) in [5.74, 6) is 0.865. The number of hydrogen-bond donors (Lipinski definition) is 1. The normalized spacial score (nSPS) is 19.3. The van der Waals surface area contributed by atoms with E-state index < -0.39 is 0 Å². The molecule has 0 aromatic carbocycles. The Labute approximate surface area is 104 Å². The van der Waals surface area contributed by atoms with Gasteiger partial charge in [0.05, 0.1) is 5.54 Å². The summed E-state index contributed by atoms with van der Waals surface area (Å²) in [7, 11) is 0. The van der Waals surface area contributed by atoms with Crippen molar-refractivity contribution in [3.8, 4) is 0 Å². The van der Waals surface area contributed by atoms with Gasteiger partial charge in [0.1, 0.15) is 5.82 Å². The highest BCUT2D eigenvalue weighted by Gasteiger charge is 2.32. The van der Waals surface area contributed by atoms with Gasteiger partial charge >= 0.3 is 0 Å². The first kappa shape index (κ1) is 12.5. The van der Waals surface area contributed by atoms with E-state index in [4.69, 9.17) is 5.73 Å². The van der Waals surface area contributed by atoms with E-state index in [0.717, 1.165) is 36.5 Å². The van der Waals surface area contributed by atoms with Crippen LogP contribution in [0, 0.1) is 13.8 Å². The zero-order chi connectivity index (χ0) is 12.5. The molecule has 0 unspecified atom stereocenters. The van der Waals surface area contributed by atoms with Crippen LogP contribution in [0.5, 0.6) is 0 Å². The van der Waals surface area contributed by atoms with Crippen molar-refractivity contribution in [2.75, 3.05) is 0 Å². The molecular weight excluding hydrogens is 210 g/mol. The Balaban J connectivity index is 2.39. The summed E-state index contributed by atoms with van der Waals surface area (Å²) in [4.78, 5) is 9.33. The van der Waals surface area contributed by atoms with Gasteiger partial charge in [-0.3, -0.25) is 0 Å². The molecule has 1 aliphatic rings. The summed E-state index contributed by atoms with van der Waals surface area (Å²) < 4.78 is 0. The minimum atomic E-state index is -0.278. The lowest BCUT2D eigenvalue weighted by atomic mass is 9.81. The van der Waals surface area contributed by atoms with Crippen molar-refractivity contribution in [2.24, 2.45) is 5.73 Å². The summed E-state index contributed by atoms with van der Waals surface area (Å²) in [5, 5.41) is 0. The van der Waals surface area contributed by atoms with Crippen molar-refractivity contribution < 1.29 is 0 Å². The smallest absolute Gasteiger partial charge is 0.148 e. The largest absolute Gasteiger partial charge is 0.319 e. The maximum absolute atomic E-state index is 6.48. The van der Waals surface area contributed by atoms with Gasteiger partial charge in [0.15, 0.2) is 0 Å². The second-order valence-corrected chi connectivity index (χ2v) is 5.27. The Morgan fingerprint density at radius 2 is 1.59 bits per heavy atom. The lowest BCUT2D eigenvalue weighted by molar-refractivity contribution is 0.286. The predicted molar refractivity (Wildman–Crippen MR) is 69.8 cm³/mol. The molecule has 17 heavy (non-hydrogen) atoms. The molecular formula is C14H23N3. The molecule has 0 spiro atoms. The highest BCUT2D eigenvalue weighted by atomic mass is 15.0. The molecule has 1 aromatic rings.